The molecule has 1 aromatic carbocycles. The number of ether oxygens (including phenoxy) is 1. The van der Waals surface area contributed by atoms with E-state index in [4.69, 9.17) is 4.74 Å². The van der Waals surface area contributed by atoms with E-state index in [1.54, 1.807) is 6.20 Å². The first-order valence-corrected chi connectivity index (χ1v) is 7.27. The molecule has 0 aliphatic rings. The molecule has 0 spiro atoms. The van der Waals surface area contributed by atoms with Crippen LogP contribution >= 0.6 is 0 Å². The summed E-state index contributed by atoms with van der Waals surface area (Å²) in [6.07, 6.45) is 0.938. The molecule has 1 unspecified atom stereocenters. The van der Waals surface area contributed by atoms with Crippen molar-refractivity contribution in [1.82, 2.24) is 25.2 Å². The number of aromatic nitrogens is 5. The molecule has 0 saturated heterocycles. The minimum atomic E-state index is -0.735. The van der Waals surface area contributed by atoms with Crippen LogP contribution in [0.4, 0.5) is 0 Å². The van der Waals surface area contributed by atoms with E-state index >= 15 is 0 Å². The summed E-state index contributed by atoms with van der Waals surface area (Å²) >= 11 is 0. The van der Waals surface area contributed by atoms with Gasteiger partial charge in [-0.2, -0.15) is 0 Å². The minimum Gasteiger partial charge on any atom is -0.491 e. The van der Waals surface area contributed by atoms with Gasteiger partial charge in [-0.3, -0.25) is 4.98 Å². The number of hydrogen-bond donors (Lipinski definition) is 1. The van der Waals surface area contributed by atoms with Gasteiger partial charge in [0.15, 0.2) is 0 Å². The third kappa shape index (κ3) is 3.89. The number of benzene rings is 1. The van der Waals surface area contributed by atoms with Crippen LogP contribution in [0.1, 0.15) is 5.56 Å². The fraction of sp³-hybridized carbons (Fsp3) is 0.250. The van der Waals surface area contributed by atoms with Gasteiger partial charge in [0.05, 0.1) is 6.54 Å². The summed E-state index contributed by atoms with van der Waals surface area (Å²) in [5.41, 5.74) is 1.76. The molecule has 23 heavy (non-hydrogen) atoms. The Morgan fingerprint density at radius 3 is 2.91 bits per heavy atom. The third-order valence-corrected chi connectivity index (χ3v) is 3.24. The molecule has 0 saturated carbocycles. The Bertz CT molecular complexity index is 760. The Labute approximate surface area is 133 Å². The maximum absolute atomic E-state index is 10.2. The molecule has 0 fully saturated rings. The van der Waals surface area contributed by atoms with Gasteiger partial charge in [-0.15, -0.1) is 5.10 Å². The van der Waals surface area contributed by atoms with Gasteiger partial charge in [-0.1, -0.05) is 18.2 Å². The summed E-state index contributed by atoms with van der Waals surface area (Å²) in [5, 5.41) is 21.7. The highest BCUT2D eigenvalue weighted by atomic mass is 16.5. The minimum absolute atomic E-state index is 0.158. The highest BCUT2D eigenvalue weighted by molar-refractivity contribution is 5.47. The first-order chi connectivity index (χ1) is 11.2. The van der Waals surface area contributed by atoms with E-state index in [1.165, 1.54) is 4.68 Å². The molecular weight excluding hydrogens is 294 g/mol. The van der Waals surface area contributed by atoms with Crippen molar-refractivity contribution in [2.75, 3.05) is 6.61 Å². The fourth-order valence-corrected chi connectivity index (χ4v) is 2.16. The number of pyridine rings is 1. The molecular formula is C16H17N5O2. The van der Waals surface area contributed by atoms with Gasteiger partial charge in [0.1, 0.15) is 24.2 Å². The summed E-state index contributed by atoms with van der Waals surface area (Å²) in [4.78, 5) is 4.22. The first kappa shape index (κ1) is 15.1. The second kappa shape index (κ2) is 6.97. The molecule has 7 heteroatoms. The van der Waals surface area contributed by atoms with E-state index in [-0.39, 0.29) is 13.2 Å². The van der Waals surface area contributed by atoms with Crippen LogP contribution in [0, 0.1) is 6.92 Å². The molecule has 7 nitrogen and oxygen atoms in total. The van der Waals surface area contributed by atoms with Crippen molar-refractivity contribution in [3.05, 3.63) is 54.2 Å². The second-order valence-electron chi connectivity index (χ2n) is 5.18. The van der Waals surface area contributed by atoms with Gasteiger partial charge in [0.25, 0.3) is 0 Å². The monoisotopic (exact) mass is 311 g/mol. The number of tetrazole rings is 1. The largest absolute Gasteiger partial charge is 0.491 e. The summed E-state index contributed by atoms with van der Waals surface area (Å²) in [5.74, 6) is 1.24. The molecule has 0 aliphatic heterocycles. The number of nitrogens with zero attached hydrogens (tertiary/aromatic N) is 5. The molecule has 1 atom stereocenters. The zero-order chi connectivity index (χ0) is 16.1. The molecule has 2 heterocycles. The molecule has 2 aromatic heterocycles. The quantitative estimate of drug-likeness (QED) is 0.742. The predicted molar refractivity (Wildman–Crippen MR) is 83.7 cm³/mol. The summed E-state index contributed by atoms with van der Waals surface area (Å²) in [6, 6.07) is 13.2. The van der Waals surface area contributed by atoms with E-state index < -0.39 is 6.10 Å². The molecule has 118 valence electrons. The Balaban J connectivity index is 1.63. The van der Waals surface area contributed by atoms with Gasteiger partial charge in [-0.05, 0) is 47.2 Å². The number of aliphatic hydroxyl groups is 1. The summed E-state index contributed by atoms with van der Waals surface area (Å²) in [7, 11) is 0. The Hall–Kier alpha value is -2.80. The van der Waals surface area contributed by atoms with Crippen molar-refractivity contribution in [3.8, 4) is 17.3 Å². The van der Waals surface area contributed by atoms with Gasteiger partial charge in [0.2, 0.25) is 5.82 Å². The highest BCUT2D eigenvalue weighted by Gasteiger charge is 2.14. The van der Waals surface area contributed by atoms with Crippen LogP contribution in [0.2, 0.25) is 0 Å². The molecule has 3 aromatic rings. The van der Waals surface area contributed by atoms with Crippen molar-refractivity contribution in [2.24, 2.45) is 0 Å². The molecule has 0 amide bonds. The normalized spacial score (nSPS) is 12.1. The molecule has 0 radical (unpaired) electrons. The van der Waals surface area contributed by atoms with E-state index in [9.17, 15) is 5.11 Å². The molecule has 0 aliphatic carbocycles. The molecule has 3 rings (SSSR count). The number of rotatable bonds is 6. The van der Waals surface area contributed by atoms with Crippen LogP contribution in [0.15, 0.2) is 48.7 Å². The lowest BCUT2D eigenvalue weighted by atomic mass is 10.2. The lowest BCUT2D eigenvalue weighted by molar-refractivity contribution is 0.0892. The lowest BCUT2D eigenvalue weighted by Crippen LogP contribution is -2.24. The second-order valence-corrected chi connectivity index (χ2v) is 5.18. The maximum Gasteiger partial charge on any atom is 0.200 e. The Kier molecular flexibility index (Phi) is 4.58. The number of aliphatic hydroxyl groups excluding tert-OH is 1. The van der Waals surface area contributed by atoms with Gasteiger partial charge >= 0.3 is 0 Å². The van der Waals surface area contributed by atoms with Gasteiger partial charge in [-0.25, -0.2) is 4.68 Å². The predicted octanol–water partition coefficient (Wildman–Crippen LogP) is 1.48. The van der Waals surface area contributed by atoms with E-state index in [1.807, 2.05) is 49.4 Å². The van der Waals surface area contributed by atoms with Crippen LogP contribution in [-0.2, 0) is 6.54 Å². The average molecular weight is 311 g/mol. The van der Waals surface area contributed by atoms with Crippen molar-refractivity contribution < 1.29 is 9.84 Å². The van der Waals surface area contributed by atoms with Crippen molar-refractivity contribution in [3.63, 3.8) is 0 Å². The maximum atomic E-state index is 10.2. The van der Waals surface area contributed by atoms with Crippen LogP contribution in [0.3, 0.4) is 0 Å². The van der Waals surface area contributed by atoms with Gasteiger partial charge in [0, 0.05) is 6.20 Å². The van der Waals surface area contributed by atoms with Crippen LogP contribution in [-0.4, -0.2) is 43.0 Å². The number of hydrogen-bond acceptors (Lipinski definition) is 6. The lowest BCUT2D eigenvalue weighted by Gasteiger charge is -2.13. The van der Waals surface area contributed by atoms with E-state index in [0.717, 1.165) is 11.3 Å². The Morgan fingerprint density at radius 1 is 1.22 bits per heavy atom. The van der Waals surface area contributed by atoms with Crippen molar-refractivity contribution >= 4 is 0 Å². The van der Waals surface area contributed by atoms with Crippen molar-refractivity contribution in [2.45, 2.75) is 19.6 Å². The van der Waals surface area contributed by atoms with Gasteiger partial charge < -0.3 is 9.84 Å². The zero-order valence-corrected chi connectivity index (χ0v) is 12.7. The summed E-state index contributed by atoms with van der Waals surface area (Å²) < 4.78 is 7.12. The standard InChI is InChI=1S/C16H17N5O2/c1-12-5-4-6-14(9-12)23-11-13(22)10-21-16(18-19-20-21)15-7-2-3-8-17-15/h2-9,13,22H,10-11H2,1H3. The topological polar surface area (TPSA) is 86.0 Å². The smallest absolute Gasteiger partial charge is 0.200 e. The van der Waals surface area contributed by atoms with Crippen LogP contribution in [0.5, 0.6) is 5.75 Å². The van der Waals surface area contributed by atoms with E-state index in [0.29, 0.717) is 11.5 Å². The summed E-state index contributed by atoms with van der Waals surface area (Å²) in [6.45, 7) is 2.37. The average Bonchev–Trinajstić information content (AvgIpc) is 3.02. The SMILES string of the molecule is Cc1cccc(OCC(O)Cn2nnnc2-c2ccccn2)c1. The van der Waals surface area contributed by atoms with Crippen molar-refractivity contribution in [1.29, 1.82) is 0 Å². The zero-order valence-electron chi connectivity index (χ0n) is 12.7. The number of aryl methyl sites for hydroxylation is 1. The van der Waals surface area contributed by atoms with Crippen LogP contribution in [0.25, 0.3) is 11.5 Å². The third-order valence-electron chi connectivity index (χ3n) is 3.24. The molecule has 0 bridgehead atoms. The highest BCUT2D eigenvalue weighted by Crippen LogP contribution is 2.14. The molecule has 1 N–H and O–H groups in total. The van der Waals surface area contributed by atoms with E-state index in [2.05, 4.69) is 20.5 Å². The first-order valence-electron chi connectivity index (χ1n) is 7.27. The van der Waals surface area contributed by atoms with Crippen LogP contribution < -0.4 is 4.74 Å². The fourth-order valence-electron chi connectivity index (χ4n) is 2.16. The Morgan fingerprint density at radius 2 is 2.13 bits per heavy atom.